The predicted octanol–water partition coefficient (Wildman–Crippen LogP) is 0.333. The Morgan fingerprint density at radius 3 is 2.88 bits per heavy atom. The van der Waals surface area contributed by atoms with Gasteiger partial charge < -0.3 is 19.5 Å². The maximum atomic E-state index is 11.5. The van der Waals surface area contributed by atoms with Gasteiger partial charge in [0.15, 0.2) is 6.10 Å². The van der Waals surface area contributed by atoms with Crippen LogP contribution in [0.3, 0.4) is 0 Å². The normalized spacial score (nSPS) is 21.8. The Kier molecular flexibility index (Phi) is 5.18. The minimum Gasteiger partial charge on any atom is -0.464 e. The molecule has 1 fully saturated rings. The summed E-state index contributed by atoms with van der Waals surface area (Å²) in [5.41, 5.74) is -0.258. The van der Waals surface area contributed by atoms with Crippen molar-refractivity contribution in [1.82, 2.24) is 5.32 Å². The Morgan fingerprint density at radius 1 is 1.56 bits per heavy atom. The van der Waals surface area contributed by atoms with Gasteiger partial charge in [-0.15, -0.1) is 0 Å². The SMILES string of the molecule is COC(C)(C)CCOC(=O)C1CNCCO1. The topological polar surface area (TPSA) is 56.8 Å². The maximum Gasteiger partial charge on any atom is 0.336 e. The molecule has 0 amide bonds. The van der Waals surface area contributed by atoms with Crippen molar-refractivity contribution in [1.29, 1.82) is 0 Å². The number of morpholine rings is 1. The molecule has 0 aromatic carbocycles. The van der Waals surface area contributed by atoms with Gasteiger partial charge in [0.2, 0.25) is 0 Å². The number of hydrogen-bond donors (Lipinski definition) is 1. The van der Waals surface area contributed by atoms with Crippen molar-refractivity contribution in [2.45, 2.75) is 32.0 Å². The van der Waals surface area contributed by atoms with Crippen LogP contribution in [0.5, 0.6) is 0 Å². The van der Waals surface area contributed by atoms with E-state index in [4.69, 9.17) is 14.2 Å². The van der Waals surface area contributed by atoms with Crippen LogP contribution in [0.25, 0.3) is 0 Å². The highest BCUT2D eigenvalue weighted by Crippen LogP contribution is 2.12. The highest BCUT2D eigenvalue weighted by Gasteiger charge is 2.24. The van der Waals surface area contributed by atoms with Gasteiger partial charge >= 0.3 is 5.97 Å². The molecule has 0 radical (unpaired) electrons. The molecule has 1 rings (SSSR count). The van der Waals surface area contributed by atoms with Crippen LogP contribution in [-0.2, 0) is 19.0 Å². The zero-order valence-electron chi connectivity index (χ0n) is 10.2. The fourth-order valence-electron chi connectivity index (χ4n) is 1.31. The van der Waals surface area contributed by atoms with Gasteiger partial charge in [0.25, 0.3) is 0 Å². The van der Waals surface area contributed by atoms with E-state index in [-0.39, 0.29) is 11.6 Å². The Balaban J connectivity index is 2.19. The van der Waals surface area contributed by atoms with E-state index < -0.39 is 6.10 Å². The smallest absolute Gasteiger partial charge is 0.336 e. The molecule has 1 atom stereocenters. The third-order valence-corrected chi connectivity index (χ3v) is 2.69. The van der Waals surface area contributed by atoms with Crippen LogP contribution in [0.15, 0.2) is 0 Å². The van der Waals surface area contributed by atoms with E-state index in [1.54, 1.807) is 7.11 Å². The van der Waals surface area contributed by atoms with Crippen LogP contribution >= 0.6 is 0 Å². The van der Waals surface area contributed by atoms with Gasteiger partial charge in [-0.25, -0.2) is 4.79 Å². The van der Waals surface area contributed by atoms with Crippen molar-refractivity contribution >= 4 is 5.97 Å². The summed E-state index contributed by atoms with van der Waals surface area (Å²) in [6.45, 7) is 6.16. The van der Waals surface area contributed by atoms with Gasteiger partial charge in [-0.2, -0.15) is 0 Å². The van der Waals surface area contributed by atoms with E-state index in [2.05, 4.69) is 5.32 Å². The second kappa shape index (κ2) is 6.18. The molecule has 1 aliphatic heterocycles. The fourth-order valence-corrected chi connectivity index (χ4v) is 1.31. The number of esters is 1. The maximum absolute atomic E-state index is 11.5. The molecule has 0 spiro atoms. The van der Waals surface area contributed by atoms with E-state index in [0.29, 0.717) is 26.2 Å². The Labute approximate surface area is 96.4 Å². The lowest BCUT2D eigenvalue weighted by Gasteiger charge is -2.24. The van der Waals surface area contributed by atoms with Crippen LogP contribution in [0.1, 0.15) is 20.3 Å². The second-order valence-electron chi connectivity index (χ2n) is 4.44. The Bertz CT molecular complexity index is 224. The molecule has 5 nitrogen and oxygen atoms in total. The predicted molar refractivity (Wildman–Crippen MR) is 59.3 cm³/mol. The summed E-state index contributed by atoms with van der Waals surface area (Å²) < 4.78 is 15.6. The molecule has 16 heavy (non-hydrogen) atoms. The average molecular weight is 231 g/mol. The Hall–Kier alpha value is -0.650. The summed E-state index contributed by atoms with van der Waals surface area (Å²) in [5.74, 6) is -0.292. The lowest BCUT2D eigenvalue weighted by molar-refractivity contribution is -0.160. The number of methoxy groups -OCH3 is 1. The quantitative estimate of drug-likeness (QED) is 0.691. The van der Waals surface area contributed by atoms with Gasteiger partial charge in [0, 0.05) is 26.6 Å². The van der Waals surface area contributed by atoms with Crippen LogP contribution in [0, 0.1) is 0 Å². The summed E-state index contributed by atoms with van der Waals surface area (Å²) in [4.78, 5) is 11.5. The van der Waals surface area contributed by atoms with E-state index in [1.807, 2.05) is 13.8 Å². The van der Waals surface area contributed by atoms with E-state index in [1.165, 1.54) is 0 Å². The molecule has 1 N–H and O–H groups in total. The van der Waals surface area contributed by atoms with Gasteiger partial charge in [-0.3, -0.25) is 0 Å². The van der Waals surface area contributed by atoms with E-state index in [9.17, 15) is 4.79 Å². The van der Waals surface area contributed by atoms with Crippen molar-refractivity contribution < 1.29 is 19.0 Å². The molecule has 1 unspecified atom stereocenters. The summed E-state index contributed by atoms with van der Waals surface area (Å²) >= 11 is 0. The lowest BCUT2D eigenvalue weighted by Crippen LogP contribution is -2.44. The second-order valence-corrected chi connectivity index (χ2v) is 4.44. The molecule has 1 saturated heterocycles. The van der Waals surface area contributed by atoms with Crippen LogP contribution in [-0.4, -0.2) is 51.1 Å². The molecular weight excluding hydrogens is 210 g/mol. The molecule has 0 aromatic heterocycles. The fraction of sp³-hybridized carbons (Fsp3) is 0.909. The number of carbonyl (C=O) groups is 1. The third kappa shape index (κ3) is 4.47. The van der Waals surface area contributed by atoms with Crippen molar-refractivity contribution in [3.63, 3.8) is 0 Å². The summed E-state index contributed by atoms with van der Waals surface area (Å²) in [5, 5.41) is 3.08. The zero-order valence-corrected chi connectivity index (χ0v) is 10.2. The third-order valence-electron chi connectivity index (χ3n) is 2.69. The molecular formula is C11H21NO4. The summed E-state index contributed by atoms with van der Waals surface area (Å²) in [6.07, 6.45) is 0.217. The van der Waals surface area contributed by atoms with E-state index >= 15 is 0 Å². The summed E-state index contributed by atoms with van der Waals surface area (Å²) in [6, 6.07) is 0. The monoisotopic (exact) mass is 231 g/mol. The Morgan fingerprint density at radius 2 is 2.31 bits per heavy atom. The molecule has 0 aromatic rings. The van der Waals surface area contributed by atoms with Crippen molar-refractivity contribution in [3.8, 4) is 0 Å². The van der Waals surface area contributed by atoms with Crippen LogP contribution in [0.2, 0.25) is 0 Å². The van der Waals surface area contributed by atoms with Gasteiger partial charge in [-0.05, 0) is 13.8 Å². The van der Waals surface area contributed by atoms with Gasteiger partial charge in [-0.1, -0.05) is 0 Å². The standard InChI is InChI=1S/C11H21NO4/c1-11(2,14-3)4-6-16-10(13)9-8-12-5-7-15-9/h9,12H,4-8H2,1-3H3. The van der Waals surface area contributed by atoms with Crippen molar-refractivity contribution in [2.75, 3.05) is 33.4 Å². The minimum atomic E-state index is -0.459. The van der Waals surface area contributed by atoms with Crippen LogP contribution < -0.4 is 5.32 Å². The first-order valence-electron chi connectivity index (χ1n) is 5.59. The molecule has 1 aliphatic rings. The first-order chi connectivity index (χ1) is 7.55. The highest BCUT2D eigenvalue weighted by molar-refractivity contribution is 5.75. The lowest BCUT2D eigenvalue weighted by atomic mass is 10.1. The molecule has 0 aliphatic carbocycles. The van der Waals surface area contributed by atoms with E-state index in [0.717, 1.165) is 6.54 Å². The molecule has 1 heterocycles. The minimum absolute atomic E-state index is 0.258. The molecule has 0 bridgehead atoms. The van der Waals surface area contributed by atoms with Crippen molar-refractivity contribution in [3.05, 3.63) is 0 Å². The number of carbonyl (C=O) groups excluding carboxylic acids is 1. The first-order valence-corrected chi connectivity index (χ1v) is 5.59. The van der Waals surface area contributed by atoms with Gasteiger partial charge in [0.05, 0.1) is 18.8 Å². The van der Waals surface area contributed by atoms with Gasteiger partial charge in [0.1, 0.15) is 0 Å². The average Bonchev–Trinajstić information content (AvgIpc) is 2.30. The number of rotatable bonds is 5. The number of ether oxygens (including phenoxy) is 3. The zero-order chi connectivity index (χ0) is 12.0. The number of hydrogen-bond acceptors (Lipinski definition) is 5. The molecule has 94 valence electrons. The van der Waals surface area contributed by atoms with Crippen LogP contribution in [0.4, 0.5) is 0 Å². The first kappa shape index (κ1) is 13.4. The summed E-state index contributed by atoms with van der Waals surface area (Å²) in [7, 11) is 1.65. The number of nitrogens with one attached hydrogen (secondary N) is 1. The molecule has 0 saturated carbocycles. The molecule has 5 heteroatoms. The highest BCUT2D eigenvalue weighted by atomic mass is 16.6. The largest absolute Gasteiger partial charge is 0.464 e. The van der Waals surface area contributed by atoms with Crippen molar-refractivity contribution in [2.24, 2.45) is 0 Å².